The lowest BCUT2D eigenvalue weighted by Gasteiger charge is -2.15. The van der Waals surface area contributed by atoms with E-state index in [0.717, 1.165) is 6.07 Å². The van der Waals surface area contributed by atoms with Gasteiger partial charge in [-0.25, -0.2) is 4.39 Å². The molecule has 94 valence electrons. The van der Waals surface area contributed by atoms with Crippen molar-refractivity contribution in [2.24, 2.45) is 5.73 Å². The lowest BCUT2D eigenvalue weighted by Crippen LogP contribution is -2.43. The molecule has 0 bridgehead atoms. The van der Waals surface area contributed by atoms with Gasteiger partial charge in [0, 0.05) is 22.6 Å². The first-order chi connectivity index (χ1) is 7.90. The van der Waals surface area contributed by atoms with Crippen LogP contribution in [0.15, 0.2) is 22.7 Å². The summed E-state index contributed by atoms with van der Waals surface area (Å²) in [5.41, 5.74) is 5.76. The third-order valence-corrected chi connectivity index (χ3v) is 2.70. The monoisotopic (exact) mass is 304 g/mol. The Bertz CT molecular complexity index is 392. The van der Waals surface area contributed by atoms with Gasteiger partial charge < -0.3 is 16.2 Å². The normalized spacial score (nSPS) is 14.2. The SMILES string of the molecule is CC(O)C(N)CNC(=O)c1cc(F)cc(Br)c1. The largest absolute Gasteiger partial charge is 0.392 e. The van der Waals surface area contributed by atoms with Crippen molar-refractivity contribution in [1.29, 1.82) is 0 Å². The number of hydrogen-bond donors (Lipinski definition) is 3. The van der Waals surface area contributed by atoms with E-state index >= 15 is 0 Å². The van der Waals surface area contributed by atoms with Crippen LogP contribution in [0.25, 0.3) is 0 Å². The number of rotatable bonds is 4. The molecule has 2 atom stereocenters. The first-order valence-corrected chi connectivity index (χ1v) is 5.87. The zero-order valence-electron chi connectivity index (χ0n) is 9.28. The van der Waals surface area contributed by atoms with Crippen LogP contribution in [0.5, 0.6) is 0 Å². The molecule has 0 saturated carbocycles. The molecule has 1 aromatic rings. The zero-order chi connectivity index (χ0) is 13.0. The maximum Gasteiger partial charge on any atom is 0.251 e. The molecule has 1 rings (SSSR count). The number of amides is 1. The smallest absolute Gasteiger partial charge is 0.251 e. The lowest BCUT2D eigenvalue weighted by atomic mass is 10.1. The number of hydrogen-bond acceptors (Lipinski definition) is 3. The van der Waals surface area contributed by atoms with E-state index in [1.165, 1.54) is 19.1 Å². The molecule has 0 heterocycles. The van der Waals surface area contributed by atoms with Crippen molar-refractivity contribution in [2.45, 2.75) is 19.1 Å². The van der Waals surface area contributed by atoms with Gasteiger partial charge in [0.25, 0.3) is 5.91 Å². The second-order valence-electron chi connectivity index (χ2n) is 3.77. The Hall–Kier alpha value is -0.980. The Kier molecular flexibility index (Phi) is 5.04. The maximum atomic E-state index is 13.0. The highest BCUT2D eigenvalue weighted by atomic mass is 79.9. The lowest BCUT2D eigenvalue weighted by molar-refractivity contribution is 0.0937. The molecular weight excluding hydrogens is 291 g/mol. The molecule has 4 nitrogen and oxygen atoms in total. The van der Waals surface area contributed by atoms with E-state index in [-0.39, 0.29) is 12.1 Å². The van der Waals surface area contributed by atoms with E-state index in [2.05, 4.69) is 21.2 Å². The van der Waals surface area contributed by atoms with Crippen LogP contribution >= 0.6 is 15.9 Å². The fourth-order valence-electron chi connectivity index (χ4n) is 1.17. The number of halogens is 2. The van der Waals surface area contributed by atoms with Gasteiger partial charge in [-0.05, 0) is 25.1 Å². The molecule has 0 saturated heterocycles. The number of carbonyl (C=O) groups is 1. The summed E-state index contributed by atoms with van der Waals surface area (Å²) in [4.78, 5) is 11.6. The van der Waals surface area contributed by atoms with Crippen molar-refractivity contribution in [2.75, 3.05) is 6.54 Å². The van der Waals surface area contributed by atoms with Gasteiger partial charge in [0.15, 0.2) is 0 Å². The molecule has 0 aliphatic carbocycles. The minimum Gasteiger partial charge on any atom is -0.392 e. The van der Waals surface area contributed by atoms with E-state index in [1.807, 2.05) is 0 Å². The molecule has 1 amide bonds. The molecule has 2 unspecified atom stereocenters. The van der Waals surface area contributed by atoms with Crippen LogP contribution in [0.1, 0.15) is 17.3 Å². The zero-order valence-corrected chi connectivity index (χ0v) is 10.9. The van der Waals surface area contributed by atoms with Crippen molar-refractivity contribution in [3.63, 3.8) is 0 Å². The quantitative estimate of drug-likeness (QED) is 0.777. The number of benzene rings is 1. The summed E-state index contributed by atoms with van der Waals surface area (Å²) in [5, 5.41) is 11.7. The van der Waals surface area contributed by atoms with Crippen molar-refractivity contribution in [1.82, 2.24) is 5.32 Å². The molecule has 0 aliphatic rings. The second-order valence-corrected chi connectivity index (χ2v) is 4.69. The molecule has 0 fully saturated rings. The number of nitrogens with one attached hydrogen (secondary N) is 1. The summed E-state index contributed by atoms with van der Waals surface area (Å²) < 4.78 is 13.5. The van der Waals surface area contributed by atoms with Crippen molar-refractivity contribution >= 4 is 21.8 Å². The Morgan fingerprint density at radius 3 is 2.76 bits per heavy atom. The molecule has 0 aromatic heterocycles. The first kappa shape index (κ1) is 14.1. The molecule has 4 N–H and O–H groups in total. The summed E-state index contributed by atoms with van der Waals surface area (Å²) >= 11 is 3.10. The van der Waals surface area contributed by atoms with Gasteiger partial charge in [-0.1, -0.05) is 15.9 Å². The number of aliphatic hydroxyl groups is 1. The van der Waals surface area contributed by atoms with E-state index in [4.69, 9.17) is 10.8 Å². The predicted molar refractivity (Wildman–Crippen MR) is 66.1 cm³/mol. The van der Waals surface area contributed by atoms with Crippen LogP contribution in [0.3, 0.4) is 0 Å². The third-order valence-electron chi connectivity index (χ3n) is 2.24. The molecule has 17 heavy (non-hydrogen) atoms. The first-order valence-electron chi connectivity index (χ1n) is 5.08. The highest BCUT2D eigenvalue weighted by Crippen LogP contribution is 2.14. The molecule has 0 radical (unpaired) electrons. The standard InChI is InChI=1S/C11H14BrFN2O2/c1-6(16)10(14)5-15-11(17)7-2-8(12)4-9(13)3-7/h2-4,6,10,16H,5,14H2,1H3,(H,15,17). The fourth-order valence-corrected chi connectivity index (χ4v) is 1.63. The van der Waals surface area contributed by atoms with E-state index in [0.29, 0.717) is 4.47 Å². The van der Waals surface area contributed by atoms with Gasteiger partial charge in [-0.2, -0.15) is 0 Å². The summed E-state index contributed by atoms with van der Waals surface area (Å²) in [6.07, 6.45) is -0.713. The minimum absolute atomic E-state index is 0.130. The molecule has 1 aromatic carbocycles. The van der Waals surface area contributed by atoms with Crippen molar-refractivity contribution < 1.29 is 14.3 Å². The topological polar surface area (TPSA) is 75.3 Å². The van der Waals surface area contributed by atoms with Crippen molar-refractivity contribution in [3.05, 3.63) is 34.1 Å². The third kappa shape index (κ3) is 4.41. The molecular formula is C11H14BrFN2O2. The van der Waals surface area contributed by atoms with Crippen LogP contribution in [0.4, 0.5) is 4.39 Å². The van der Waals surface area contributed by atoms with Crippen LogP contribution < -0.4 is 11.1 Å². The predicted octanol–water partition coefficient (Wildman–Crippen LogP) is 1.03. The van der Waals surface area contributed by atoms with Crippen LogP contribution in [0, 0.1) is 5.82 Å². The molecule has 0 spiro atoms. The van der Waals surface area contributed by atoms with Gasteiger partial charge >= 0.3 is 0 Å². The fraction of sp³-hybridized carbons (Fsp3) is 0.364. The van der Waals surface area contributed by atoms with Gasteiger partial charge in [-0.15, -0.1) is 0 Å². The van der Waals surface area contributed by atoms with Gasteiger partial charge in [0.2, 0.25) is 0 Å². The van der Waals surface area contributed by atoms with Gasteiger partial charge in [0.05, 0.1) is 6.10 Å². The summed E-state index contributed by atoms with van der Waals surface area (Å²) in [6.45, 7) is 1.67. The van der Waals surface area contributed by atoms with E-state index in [9.17, 15) is 9.18 Å². The van der Waals surface area contributed by atoms with Crippen molar-refractivity contribution in [3.8, 4) is 0 Å². The summed E-state index contributed by atoms with van der Waals surface area (Å²) in [6, 6.07) is 3.36. The van der Waals surface area contributed by atoms with E-state index < -0.39 is 23.9 Å². The van der Waals surface area contributed by atoms with Crippen LogP contribution in [-0.2, 0) is 0 Å². The maximum absolute atomic E-state index is 13.0. The molecule has 6 heteroatoms. The van der Waals surface area contributed by atoms with Crippen LogP contribution in [-0.4, -0.2) is 29.7 Å². The number of carbonyl (C=O) groups excluding carboxylic acids is 1. The number of nitrogens with two attached hydrogens (primary N) is 1. The van der Waals surface area contributed by atoms with Crippen LogP contribution in [0.2, 0.25) is 0 Å². The Morgan fingerprint density at radius 1 is 1.59 bits per heavy atom. The highest BCUT2D eigenvalue weighted by molar-refractivity contribution is 9.10. The Labute approximate surface area is 107 Å². The van der Waals surface area contributed by atoms with Gasteiger partial charge in [0.1, 0.15) is 5.82 Å². The summed E-state index contributed by atoms with van der Waals surface area (Å²) in [7, 11) is 0. The average Bonchev–Trinajstić information content (AvgIpc) is 2.23. The highest BCUT2D eigenvalue weighted by Gasteiger charge is 2.12. The summed E-state index contributed by atoms with van der Waals surface area (Å²) in [5.74, 6) is -0.925. The second kappa shape index (κ2) is 6.09. The van der Waals surface area contributed by atoms with Gasteiger partial charge in [-0.3, -0.25) is 4.79 Å². The Morgan fingerprint density at radius 2 is 2.24 bits per heavy atom. The number of aliphatic hydroxyl groups excluding tert-OH is 1. The Balaban J connectivity index is 2.64. The van der Waals surface area contributed by atoms with E-state index in [1.54, 1.807) is 0 Å². The minimum atomic E-state index is -0.713. The average molecular weight is 305 g/mol. The molecule has 0 aliphatic heterocycles.